The first kappa shape index (κ1) is 11.9. The Balaban J connectivity index is 1.79. The third-order valence-corrected chi connectivity index (χ3v) is 3.26. The van der Waals surface area contributed by atoms with E-state index in [0.717, 1.165) is 29.3 Å². The number of ether oxygens (including phenoxy) is 2. The summed E-state index contributed by atoms with van der Waals surface area (Å²) in [6.07, 6.45) is 0. The van der Waals surface area contributed by atoms with E-state index >= 15 is 0 Å². The normalized spacial score (nSPS) is 13.1. The number of para-hydroxylation sites is 2. The second-order valence-corrected chi connectivity index (χ2v) is 4.61. The van der Waals surface area contributed by atoms with Crippen molar-refractivity contribution in [2.24, 2.45) is 0 Å². The lowest BCUT2D eigenvalue weighted by atomic mass is 10.1. The largest absolute Gasteiger partial charge is 0.486 e. The summed E-state index contributed by atoms with van der Waals surface area (Å²) in [5.41, 5.74) is 3.52. The molecule has 0 unspecified atom stereocenters. The van der Waals surface area contributed by atoms with Crippen LogP contribution >= 0.6 is 0 Å². The van der Waals surface area contributed by atoms with Crippen LogP contribution < -0.4 is 14.8 Å². The second-order valence-electron chi connectivity index (χ2n) is 4.61. The maximum atomic E-state index is 5.71. The Morgan fingerprint density at radius 2 is 1.84 bits per heavy atom. The highest BCUT2D eigenvalue weighted by atomic mass is 16.6. The van der Waals surface area contributed by atoms with Gasteiger partial charge in [0.05, 0.1) is 0 Å². The topological polar surface area (TPSA) is 30.5 Å². The Morgan fingerprint density at radius 3 is 2.74 bits per heavy atom. The number of hydrogen-bond donors (Lipinski definition) is 1. The van der Waals surface area contributed by atoms with Crippen molar-refractivity contribution in [2.75, 3.05) is 18.5 Å². The Kier molecular flexibility index (Phi) is 3.27. The van der Waals surface area contributed by atoms with Gasteiger partial charge in [-0.05, 0) is 24.6 Å². The lowest BCUT2D eigenvalue weighted by Crippen LogP contribution is -2.17. The molecule has 0 saturated carbocycles. The van der Waals surface area contributed by atoms with Gasteiger partial charge in [0.2, 0.25) is 0 Å². The van der Waals surface area contributed by atoms with Crippen LogP contribution in [0.3, 0.4) is 0 Å². The maximum absolute atomic E-state index is 5.71. The number of fused-ring (bicyclic) bond motifs is 1. The van der Waals surface area contributed by atoms with E-state index < -0.39 is 0 Å². The average molecular weight is 255 g/mol. The Morgan fingerprint density at radius 1 is 1.00 bits per heavy atom. The van der Waals surface area contributed by atoms with E-state index in [0.29, 0.717) is 13.2 Å². The minimum atomic E-state index is 0.619. The Hall–Kier alpha value is -2.16. The van der Waals surface area contributed by atoms with Gasteiger partial charge in [-0.3, -0.25) is 0 Å². The molecule has 98 valence electrons. The van der Waals surface area contributed by atoms with Crippen molar-refractivity contribution in [3.63, 3.8) is 0 Å². The molecule has 2 aromatic carbocycles. The molecule has 0 spiro atoms. The van der Waals surface area contributed by atoms with Crippen LogP contribution in [0.4, 0.5) is 5.69 Å². The summed E-state index contributed by atoms with van der Waals surface area (Å²) < 4.78 is 11.3. The van der Waals surface area contributed by atoms with Crippen LogP contribution in [0.1, 0.15) is 11.1 Å². The van der Waals surface area contributed by atoms with Crippen molar-refractivity contribution >= 4 is 5.69 Å². The van der Waals surface area contributed by atoms with Gasteiger partial charge in [0.1, 0.15) is 13.2 Å². The molecule has 3 rings (SSSR count). The van der Waals surface area contributed by atoms with Gasteiger partial charge >= 0.3 is 0 Å². The number of hydrogen-bond acceptors (Lipinski definition) is 3. The maximum Gasteiger partial charge on any atom is 0.166 e. The molecule has 0 amide bonds. The summed E-state index contributed by atoms with van der Waals surface area (Å²) in [4.78, 5) is 0. The van der Waals surface area contributed by atoms with Crippen molar-refractivity contribution in [3.05, 3.63) is 53.6 Å². The van der Waals surface area contributed by atoms with Gasteiger partial charge in [-0.15, -0.1) is 0 Å². The van der Waals surface area contributed by atoms with E-state index in [2.05, 4.69) is 30.4 Å². The lowest BCUT2D eigenvalue weighted by Gasteiger charge is -2.21. The number of rotatable bonds is 3. The molecule has 19 heavy (non-hydrogen) atoms. The molecule has 1 heterocycles. The molecule has 3 nitrogen and oxygen atoms in total. The molecule has 0 aliphatic carbocycles. The summed E-state index contributed by atoms with van der Waals surface area (Å²) >= 11 is 0. The van der Waals surface area contributed by atoms with Crippen molar-refractivity contribution in [2.45, 2.75) is 13.5 Å². The van der Waals surface area contributed by atoms with E-state index in [1.165, 1.54) is 5.56 Å². The summed E-state index contributed by atoms with van der Waals surface area (Å²) in [6, 6.07) is 14.3. The molecular formula is C16H17NO2. The third-order valence-electron chi connectivity index (χ3n) is 3.26. The van der Waals surface area contributed by atoms with Gasteiger partial charge in [0, 0.05) is 17.8 Å². The molecule has 1 aliphatic heterocycles. The molecule has 0 saturated heterocycles. The molecule has 0 radical (unpaired) electrons. The van der Waals surface area contributed by atoms with E-state index in [-0.39, 0.29) is 0 Å². The first-order valence-electron chi connectivity index (χ1n) is 6.51. The fourth-order valence-corrected chi connectivity index (χ4v) is 2.24. The average Bonchev–Trinajstić information content (AvgIpc) is 2.46. The summed E-state index contributed by atoms with van der Waals surface area (Å²) in [6.45, 7) is 4.08. The van der Waals surface area contributed by atoms with Crippen LogP contribution in [-0.2, 0) is 6.54 Å². The quantitative estimate of drug-likeness (QED) is 0.912. The molecule has 3 heteroatoms. The lowest BCUT2D eigenvalue weighted by molar-refractivity contribution is 0.170. The van der Waals surface area contributed by atoms with E-state index in [1.807, 2.05) is 24.3 Å². The van der Waals surface area contributed by atoms with Crippen molar-refractivity contribution in [1.29, 1.82) is 0 Å². The number of nitrogens with one attached hydrogen (secondary N) is 1. The predicted octanol–water partition coefficient (Wildman–Crippen LogP) is 3.38. The standard InChI is InChI=1S/C16H17NO2/c1-12-5-2-3-7-14(12)17-11-13-6-4-8-15-16(13)19-10-9-18-15/h2-8,17H,9-11H2,1H3. The fraction of sp³-hybridized carbons (Fsp3) is 0.250. The highest BCUT2D eigenvalue weighted by Gasteiger charge is 2.15. The van der Waals surface area contributed by atoms with Gasteiger partial charge in [-0.1, -0.05) is 30.3 Å². The van der Waals surface area contributed by atoms with Gasteiger partial charge in [-0.25, -0.2) is 0 Å². The molecular weight excluding hydrogens is 238 g/mol. The Labute approximate surface area is 113 Å². The zero-order chi connectivity index (χ0) is 13.1. The smallest absolute Gasteiger partial charge is 0.166 e. The molecule has 0 fully saturated rings. The highest BCUT2D eigenvalue weighted by Crippen LogP contribution is 2.34. The van der Waals surface area contributed by atoms with Crippen LogP contribution in [-0.4, -0.2) is 13.2 Å². The van der Waals surface area contributed by atoms with E-state index in [4.69, 9.17) is 9.47 Å². The van der Waals surface area contributed by atoms with Gasteiger partial charge < -0.3 is 14.8 Å². The van der Waals surface area contributed by atoms with Crippen LogP contribution in [0.15, 0.2) is 42.5 Å². The first-order valence-corrected chi connectivity index (χ1v) is 6.51. The molecule has 1 aliphatic rings. The van der Waals surface area contributed by atoms with E-state index in [9.17, 15) is 0 Å². The van der Waals surface area contributed by atoms with Gasteiger partial charge in [0.15, 0.2) is 11.5 Å². The van der Waals surface area contributed by atoms with Crippen LogP contribution in [0.5, 0.6) is 11.5 Å². The molecule has 2 aromatic rings. The fourth-order valence-electron chi connectivity index (χ4n) is 2.24. The van der Waals surface area contributed by atoms with Crippen molar-refractivity contribution in [3.8, 4) is 11.5 Å². The van der Waals surface area contributed by atoms with Crippen molar-refractivity contribution < 1.29 is 9.47 Å². The minimum absolute atomic E-state index is 0.619. The molecule has 0 bridgehead atoms. The Bertz CT molecular complexity index is 581. The summed E-state index contributed by atoms with van der Waals surface area (Å²) in [7, 11) is 0. The van der Waals surface area contributed by atoms with E-state index in [1.54, 1.807) is 0 Å². The zero-order valence-electron chi connectivity index (χ0n) is 11.0. The van der Waals surface area contributed by atoms with Crippen LogP contribution in [0.2, 0.25) is 0 Å². The van der Waals surface area contributed by atoms with Crippen LogP contribution in [0.25, 0.3) is 0 Å². The van der Waals surface area contributed by atoms with Crippen LogP contribution in [0, 0.1) is 6.92 Å². The third kappa shape index (κ3) is 2.50. The SMILES string of the molecule is Cc1ccccc1NCc1cccc2c1OCCO2. The molecule has 0 aromatic heterocycles. The van der Waals surface area contributed by atoms with Crippen molar-refractivity contribution in [1.82, 2.24) is 0 Å². The number of benzene rings is 2. The predicted molar refractivity (Wildman–Crippen MR) is 75.9 cm³/mol. The van der Waals surface area contributed by atoms with Gasteiger partial charge in [0.25, 0.3) is 0 Å². The van der Waals surface area contributed by atoms with Gasteiger partial charge in [-0.2, -0.15) is 0 Å². The number of anilines is 1. The first-order chi connectivity index (χ1) is 9.34. The summed E-state index contributed by atoms with van der Waals surface area (Å²) in [5.74, 6) is 1.71. The molecule has 1 N–H and O–H groups in total. The minimum Gasteiger partial charge on any atom is -0.486 e. The zero-order valence-corrected chi connectivity index (χ0v) is 11.0. The summed E-state index contributed by atoms with van der Waals surface area (Å²) in [5, 5.41) is 3.44. The monoisotopic (exact) mass is 255 g/mol. The number of aryl methyl sites for hydroxylation is 1. The molecule has 0 atom stereocenters. The second kappa shape index (κ2) is 5.22. The highest BCUT2D eigenvalue weighted by molar-refractivity contribution is 5.53.